The summed E-state index contributed by atoms with van der Waals surface area (Å²) in [5, 5.41) is 6.40. The van der Waals surface area contributed by atoms with Crippen molar-refractivity contribution in [3.05, 3.63) is 23.5 Å². The van der Waals surface area contributed by atoms with Gasteiger partial charge in [-0.1, -0.05) is 0 Å². The molecule has 0 spiro atoms. The Morgan fingerprint density at radius 2 is 1.03 bits per heavy atom. The molecule has 2 heterocycles. The summed E-state index contributed by atoms with van der Waals surface area (Å²) >= 11 is 0. The van der Waals surface area contributed by atoms with Crippen molar-refractivity contribution < 1.29 is 35.5 Å². The second kappa shape index (κ2) is 12.2. The summed E-state index contributed by atoms with van der Waals surface area (Å²) in [7, 11) is 4.67. The van der Waals surface area contributed by atoms with E-state index in [0.717, 1.165) is 48.0 Å². The van der Waals surface area contributed by atoms with E-state index < -0.39 is 0 Å². The van der Waals surface area contributed by atoms with Crippen LogP contribution in [-0.2, 0) is 9.59 Å². The van der Waals surface area contributed by atoms with Crippen molar-refractivity contribution in [3.8, 4) is 0 Å². The molecule has 3 aliphatic rings. The molecule has 0 unspecified atom stereocenters. The van der Waals surface area contributed by atoms with E-state index in [0.29, 0.717) is 11.4 Å². The number of piperidine rings is 2. The highest BCUT2D eigenvalue weighted by atomic mass is 79.9. The summed E-state index contributed by atoms with van der Waals surface area (Å²) in [6, 6.07) is 0. The highest BCUT2D eigenvalue weighted by Gasteiger charge is 2.26. The summed E-state index contributed by atoms with van der Waals surface area (Å²) in [5.74, 6) is -0.184. The van der Waals surface area contributed by atoms with E-state index in [4.69, 9.17) is 0 Å². The molecule has 0 radical (unpaired) electrons. The van der Waals surface area contributed by atoms with Gasteiger partial charge in [0, 0.05) is 38.1 Å². The molecule has 2 aliphatic heterocycles. The third kappa shape index (κ3) is 8.03. The smallest absolute Gasteiger partial charge is 0.203 e. The maximum atomic E-state index is 12.4. The maximum absolute atomic E-state index is 12.4. The number of halogens is 1. The zero-order valence-corrected chi connectivity index (χ0v) is 21.1. The summed E-state index contributed by atoms with van der Waals surface area (Å²) in [6.07, 6.45) is 13.0. The average Bonchev–Trinajstić information content (AvgIpc) is 2.72. The van der Waals surface area contributed by atoms with Gasteiger partial charge in [-0.05, 0) is 38.5 Å². The number of allylic oxidation sites excluding steroid dienone is 2. The molecule has 31 heavy (non-hydrogen) atoms. The van der Waals surface area contributed by atoms with E-state index in [1.807, 2.05) is 0 Å². The zero-order valence-electron chi connectivity index (χ0n) is 19.6. The Bertz CT molecular complexity index is 619. The Balaban J connectivity index is 0.00000341. The minimum absolute atomic E-state index is 0. The minimum atomic E-state index is -0.0921. The molecule has 1 aliphatic carbocycles. The Kier molecular flexibility index (Phi) is 10.2. The fourth-order valence-corrected chi connectivity index (χ4v) is 5.20. The van der Waals surface area contributed by atoms with Crippen molar-refractivity contribution in [2.45, 2.75) is 51.4 Å². The van der Waals surface area contributed by atoms with Crippen LogP contribution in [-0.4, -0.2) is 87.0 Å². The van der Waals surface area contributed by atoms with Gasteiger partial charge >= 0.3 is 0 Å². The molecular weight excluding hydrogens is 456 g/mol. The molecule has 176 valence electrons. The van der Waals surface area contributed by atoms with Crippen LogP contribution >= 0.6 is 0 Å². The molecule has 0 aromatic heterocycles. The molecule has 7 heteroatoms. The first-order valence-electron chi connectivity index (χ1n) is 12.1. The third-order valence-electron chi connectivity index (χ3n) is 7.25. The number of carbonyl (C=O) groups excluding carboxylic acids is 2. The molecule has 6 nitrogen and oxygen atoms in total. The predicted molar refractivity (Wildman–Crippen MR) is 121 cm³/mol. The molecule has 2 saturated heterocycles. The van der Waals surface area contributed by atoms with Crippen LogP contribution in [0.4, 0.5) is 0 Å². The molecule has 0 aromatic rings. The lowest BCUT2D eigenvalue weighted by Crippen LogP contribution is -3.00. The van der Waals surface area contributed by atoms with Crippen molar-refractivity contribution in [3.63, 3.8) is 0 Å². The quantitative estimate of drug-likeness (QED) is 0.234. The van der Waals surface area contributed by atoms with E-state index in [1.54, 1.807) is 0 Å². The van der Waals surface area contributed by atoms with E-state index >= 15 is 0 Å². The number of likely N-dealkylation sites (tertiary alicyclic amines) is 2. The standard InChI is InChI=1S/C24H40N4O2.BrH/c1-27(13-5-3-6-14-27)17-9-11-25-21-19-24(30)22(20-23(21)29)26-12-10-18-28(2)15-7-4-8-16-28;/h19-20H,3-18H2,1-2H3;1H/p+1. The molecule has 0 saturated carbocycles. The van der Waals surface area contributed by atoms with Gasteiger partial charge < -0.3 is 36.6 Å². The number of hydrogen-bond acceptors (Lipinski definition) is 4. The molecular formula is C24H42BrN4O2+. The first kappa shape index (κ1) is 26.1. The first-order chi connectivity index (χ1) is 14.4. The number of nitrogens with one attached hydrogen (secondary N) is 2. The summed E-state index contributed by atoms with van der Waals surface area (Å²) in [6.45, 7) is 8.78. The molecule has 0 atom stereocenters. The lowest BCUT2D eigenvalue weighted by atomic mass is 10.1. The SMILES string of the molecule is C[N+]1(CCCNC2=CC(=O)C(NCCC[N+]3(C)CCCCC3)=CC2=O)CCCCC1.[Br-]. The molecule has 0 amide bonds. The molecule has 0 aromatic carbocycles. The second-order valence-electron chi connectivity index (χ2n) is 10.1. The van der Waals surface area contributed by atoms with Gasteiger partial charge in [-0.15, -0.1) is 0 Å². The number of rotatable bonds is 10. The van der Waals surface area contributed by atoms with Crippen LogP contribution in [0.1, 0.15) is 51.4 Å². The highest BCUT2D eigenvalue weighted by Crippen LogP contribution is 2.17. The van der Waals surface area contributed by atoms with E-state index in [1.165, 1.54) is 76.9 Å². The van der Waals surface area contributed by atoms with Crippen molar-refractivity contribution in [1.82, 2.24) is 10.6 Å². The fraction of sp³-hybridized carbons (Fsp3) is 0.750. The normalized spacial score (nSPS) is 22.8. The second-order valence-corrected chi connectivity index (χ2v) is 10.1. The van der Waals surface area contributed by atoms with Crippen molar-refractivity contribution in [1.29, 1.82) is 0 Å². The van der Waals surface area contributed by atoms with Gasteiger partial charge in [0.2, 0.25) is 11.6 Å². The number of carbonyl (C=O) groups is 2. The van der Waals surface area contributed by atoms with Crippen LogP contribution in [0.3, 0.4) is 0 Å². The van der Waals surface area contributed by atoms with Crippen LogP contribution < -0.4 is 27.6 Å². The first-order valence-corrected chi connectivity index (χ1v) is 12.1. The van der Waals surface area contributed by atoms with Gasteiger partial charge in [0.25, 0.3) is 0 Å². The molecule has 2 fully saturated rings. The largest absolute Gasteiger partial charge is 1.00 e. The van der Waals surface area contributed by atoms with Crippen LogP contribution in [0.15, 0.2) is 23.5 Å². The topological polar surface area (TPSA) is 58.2 Å². The molecule has 0 bridgehead atoms. The predicted octanol–water partition coefficient (Wildman–Crippen LogP) is -0.870. The Morgan fingerprint density at radius 1 is 0.677 bits per heavy atom. The van der Waals surface area contributed by atoms with Crippen molar-refractivity contribution >= 4 is 11.6 Å². The number of hydrogen-bond donors (Lipinski definition) is 2. The van der Waals surface area contributed by atoms with Gasteiger partial charge in [-0.3, -0.25) is 9.59 Å². The summed E-state index contributed by atoms with van der Waals surface area (Å²) < 4.78 is 2.28. The fourth-order valence-electron chi connectivity index (χ4n) is 5.20. The van der Waals surface area contributed by atoms with E-state index in [-0.39, 0.29) is 28.5 Å². The van der Waals surface area contributed by atoms with Crippen molar-refractivity contribution in [2.24, 2.45) is 0 Å². The zero-order chi connectivity index (χ0) is 21.5. The van der Waals surface area contributed by atoms with Crippen LogP contribution in [0.2, 0.25) is 0 Å². The minimum Gasteiger partial charge on any atom is -1.00 e. The van der Waals surface area contributed by atoms with Gasteiger partial charge in [-0.25, -0.2) is 0 Å². The van der Waals surface area contributed by atoms with Gasteiger partial charge in [0.15, 0.2) is 0 Å². The van der Waals surface area contributed by atoms with Gasteiger partial charge in [-0.2, -0.15) is 0 Å². The maximum Gasteiger partial charge on any atom is 0.203 e. The van der Waals surface area contributed by atoms with Crippen molar-refractivity contribution in [2.75, 3.05) is 66.5 Å². The monoisotopic (exact) mass is 497 g/mol. The Labute approximate surface area is 199 Å². The Hall–Kier alpha value is -1.18. The average molecular weight is 499 g/mol. The van der Waals surface area contributed by atoms with E-state index in [2.05, 4.69) is 24.7 Å². The van der Waals surface area contributed by atoms with Gasteiger partial charge in [0.05, 0.1) is 64.8 Å². The summed E-state index contributed by atoms with van der Waals surface area (Å²) in [4.78, 5) is 24.9. The lowest BCUT2D eigenvalue weighted by Gasteiger charge is -2.38. The third-order valence-corrected chi connectivity index (χ3v) is 7.25. The van der Waals surface area contributed by atoms with Crippen LogP contribution in [0.5, 0.6) is 0 Å². The highest BCUT2D eigenvalue weighted by molar-refractivity contribution is 6.19. The van der Waals surface area contributed by atoms with E-state index in [9.17, 15) is 9.59 Å². The molecule has 2 N–H and O–H groups in total. The van der Waals surface area contributed by atoms with Crippen LogP contribution in [0, 0.1) is 0 Å². The van der Waals surface area contributed by atoms with Gasteiger partial charge in [0.1, 0.15) is 0 Å². The number of quaternary nitrogens is 2. The van der Waals surface area contributed by atoms with Crippen LogP contribution in [0.25, 0.3) is 0 Å². The Morgan fingerprint density at radius 3 is 1.39 bits per heavy atom. The number of ketones is 2. The molecule has 3 rings (SSSR count). The summed E-state index contributed by atoms with van der Waals surface area (Å²) in [5.41, 5.74) is 0.886. The lowest BCUT2D eigenvalue weighted by molar-refractivity contribution is -0.914. The number of nitrogens with zero attached hydrogens (tertiary/aromatic N) is 2.